The Hall–Kier alpha value is -1.75. The van der Waals surface area contributed by atoms with E-state index < -0.39 is 9.84 Å². The number of amides is 1. The average molecular weight is 530 g/mol. The highest BCUT2D eigenvalue weighted by molar-refractivity contribution is 7.90. The smallest absolute Gasteiger partial charge is 0.260 e. The van der Waals surface area contributed by atoms with Gasteiger partial charge in [0.05, 0.1) is 33.3 Å². The number of nitrogens with zero attached hydrogens (tertiary/aromatic N) is 3. The molecule has 0 spiro atoms. The summed E-state index contributed by atoms with van der Waals surface area (Å²) in [7, 11) is -3.43. The van der Waals surface area contributed by atoms with Crippen LogP contribution in [0.15, 0.2) is 41.3 Å². The Kier molecular flexibility index (Phi) is 8.36. The molecule has 3 aromatic rings. The van der Waals surface area contributed by atoms with E-state index >= 15 is 0 Å². The first kappa shape index (κ1) is 25.9. The lowest BCUT2D eigenvalue weighted by Gasteiger charge is -2.29. The Bertz CT molecular complexity index is 1220. The number of thiazole rings is 1. The minimum absolute atomic E-state index is 0. The van der Waals surface area contributed by atoms with Crippen LogP contribution in [0.5, 0.6) is 0 Å². The number of ether oxygens (including phenoxy) is 1. The number of hydrogen-bond acceptors (Lipinski definition) is 7. The zero-order valence-corrected chi connectivity index (χ0v) is 21.5. The van der Waals surface area contributed by atoms with Crippen molar-refractivity contribution < 1.29 is 17.9 Å². The van der Waals surface area contributed by atoms with Gasteiger partial charge < -0.3 is 4.74 Å². The van der Waals surface area contributed by atoms with Crippen molar-refractivity contribution in [2.75, 3.05) is 50.5 Å². The zero-order valence-electron chi connectivity index (χ0n) is 18.3. The summed E-state index contributed by atoms with van der Waals surface area (Å²) in [5, 5.41) is 1.13. The molecule has 0 unspecified atom stereocenters. The highest BCUT2D eigenvalue weighted by Crippen LogP contribution is 2.36. The third-order valence-electron chi connectivity index (χ3n) is 5.41. The Labute approximate surface area is 208 Å². The lowest BCUT2D eigenvalue weighted by molar-refractivity contribution is 0.0391. The second-order valence-electron chi connectivity index (χ2n) is 7.75. The van der Waals surface area contributed by atoms with E-state index in [9.17, 15) is 13.2 Å². The molecule has 0 N–H and O–H groups in total. The largest absolute Gasteiger partial charge is 0.379 e. The van der Waals surface area contributed by atoms with E-state index in [0.29, 0.717) is 42.0 Å². The molecule has 1 aliphatic heterocycles. The van der Waals surface area contributed by atoms with Gasteiger partial charge in [-0.05, 0) is 36.8 Å². The molecule has 0 atom stereocenters. The number of carbonyl (C=O) groups excluding carboxylic acids is 1. The van der Waals surface area contributed by atoms with Crippen LogP contribution in [-0.2, 0) is 14.6 Å². The number of halogens is 2. The number of fused-ring (bicyclic) bond motifs is 1. The Morgan fingerprint density at radius 2 is 1.97 bits per heavy atom. The van der Waals surface area contributed by atoms with Gasteiger partial charge in [-0.1, -0.05) is 35.1 Å². The molecule has 7 nitrogen and oxygen atoms in total. The number of morpholine rings is 1. The lowest BCUT2D eigenvalue weighted by atomic mass is 10.2. The van der Waals surface area contributed by atoms with E-state index in [2.05, 4.69) is 4.90 Å². The van der Waals surface area contributed by atoms with Crippen LogP contribution in [0.1, 0.15) is 15.9 Å². The summed E-state index contributed by atoms with van der Waals surface area (Å²) in [6, 6.07) is 9.86. The molecule has 1 aliphatic rings. The fourth-order valence-electron chi connectivity index (χ4n) is 3.57. The SMILES string of the molecule is Cc1ccc(Cl)c2sc(N(CCN3CCOCC3)C(=O)c3cccc(S(C)(=O)=O)c3)nc12.Cl. The quantitative estimate of drug-likeness (QED) is 0.478. The predicted molar refractivity (Wildman–Crippen MR) is 135 cm³/mol. The highest BCUT2D eigenvalue weighted by atomic mass is 35.5. The maximum Gasteiger partial charge on any atom is 0.260 e. The molecule has 1 fully saturated rings. The van der Waals surface area contributed by atoms with Crippen molar-refractivity contribution >= 4 is 66.4 Å². The van der Waals surface area contributed by atoms with Crippen molar-refractivity contribution in [1.82, 2.24) is 9.88 Å². The van der Waals surface area contributed by atoms with Gasteiger partial charge in [0.25, 0.3) is 5.91 Å². The topological polar surface area (TPSA) is 79.8 Å². The first-order valence-corrected chi connectivity index (χ1v) is 13.3. The monoisotopic (exact) mass is 529 g/mol. The molecule has 11 heteroatoms. The van der Waals surface area contributed by atoms with Gasteiger partial charge >= 0.3 is 0 Å². The van der Waals surface area contributed by atoms with Gasteiger partial charge in [0, 0.05) is 38.0 Å². The molecule has 1 amide bonds. The average Bonchev–Trinajstić information content (AvgIpc) is 3.23. The number of sulfone groups is 1. The molecule has 0 aliphatic carbocycles. The van der Waals surface area contributed by atoms with Crippen LogP contribution in [0.25, 0.3) is 10.2 Å². The van der Waals surface area contributed by atoms with Gasteiger partial charge in [-0.15, -0.1) is 12.4 Å². The zero-order chi connectivity index (χ0) is 22.9. The van der Waals surface area contributed by atoms with E-state index in [1.54, 1.807) is 17.0 Å². The molecule has 0 radical (unpaired) electrons. The maximum absolute atomic E-state index is 13.6. The van der Waals surface area contributed by atoms with E-state index in [1.165, 1.54) is 23.5 Å². The number of rotatable bonds is 6. The summed E-state index contributed by atoms with van der Waals surface area (Å²) in [5.74, 6) is -0.295. The molecular formula is C22H25Cl2N3O4S2. The van der Waals surface area contributed by atoms with Crippen molar-refractivity contribution in [3.63, 3.8) is 0 Å². The summed E-state index contributed by atoms with van der Waals surface area (Å²) in [6.07, 6.45) is 1.13. The van der Waals surface area contributed by atoms with Crippen molar-refractivity contribution in [2.24, 2.45) is 0 Å². The molecule has 0 saturated carbocycles. The first-order valence-electron chi connectivity index (χ1n) is 10.2. The summed E-state index contributed by atoms with van der Waals surface area (Å²) in [6.45, 7) is 5.97. The molecule has 0 bridgehead atoms. The summed E-state index contributed by atoms with van der Waals surface area (Å²) >= 11 is 7.76. The summed E-state index contributed by atoms with van der Waals surface area (Å²) in [4.78, 5) is 22.3. The van der Waals surface area contributed by atoms with Crippen LogP contribution in [0.4, 0.5) is 5.13 Å². The fraction of sp³-hybridized carbons (Fsp3) is 0.364. The van der Waals surface area contributed by atoms with Gasteiger partial charge in [-0.25, -0.2) is 13.4 Å². The van der Waals surface area contributed by atoms with Crippen LogP contribution in [-0.4, -0.2) is 69.9 Å². The minimum Gasteiger partial charge on any atom is -0.379 e. The maximum atomic E-state index is 13.6. The van der Waals surface area contributed by atoms with Crippen molar-refractivity contribution in [3.8, 4) is 0 Å². The number of hydrogen-bond donors (Lipinski definition) is 0. The van der Waals surface area contributed by atoms with Gasteiger partial charge in [0.2, 0.25) is 0 Å². The van der Waals surface area contributed by atoms with Crippen LogP contribution in [0.2, 0.25) is 5.02 Å². The molecule has 1 saturated heterocycles. The summed E-state index contributed by atoms with van der Waals surface area (Å²) in [5.41, 5.74) is 2.05. The molecular weight excluding hydrogens is 505 g/mol. The van der Waals surface area contributed by atoms with Crippen molar-refractivity contribution in [2.45, 2.75) is 11.8 Å². The van der Waals surface area contributed by atoms with Gasteiger partial charge in [-0.2, -0.15) is 0 Å². The second-order valence-corrected chi connectivity index (χ2v) is 11.1. The molecule has 178 valence electrons. The van der Waals surface area contributed by atoms with E-state index in [-0.39, 0.29) is 23.2 Å². The Balaban J connectivity index is 0.00000306. The number of carbonyl (C=O) groups is 1. The van der Waals surface area contributed by atoms with E-state index in [1.807, 2.05) is 19.1 Å². The van der Waals surface area contributed by atoms with Gasteiger partial charge in [0.15, 0.2) is 15.0 Å². The van der Waals surface area contributed by atoms with Crippen LogP contribution in [0, 0.1) is 6.92 Å². The van der Waals surface area contributed by atoms with Crippen LogP contribution >= 0.6 is 35.3 Å². The third kappa shape index (κ3) is 5.85. The third-order valence-corrected chi connectivity index (χ3v) is 8.06. The molecule has 1 aromatic heterocycles. The van der Waals surface area contributed by atoms with Crippen molar-refractivity contribution in [3.05, 3.63) is 52.5 Å². The molecule has 2 aromatic carbocycles. The minimum atomic E-state index is -3.43. The van der Waals surface area contributed by atoms with Crippen LogP contribution in [0.3, 0.4) is 0 Å². The highest BCUT2D eigenvalue weighted by Gasteiger charge is 2.24. The molecule has 33 heavy (non-hydrogen) atoms. The number of aromatic nitrogens is 1. The molecule has 2 heterocycles. The fourth-order valence-corrected chi connectivity index (χ4v) is 5.58. The Morgan fingerprint density at radius 1 is 1.24 bits per heavy atom. The predicted octanol–water partition coefficient (Wildman–Crippen LogP) is 4.06. The first-order chi connectivity index (χ1) is 15.2. The summed E-state index contributed by atoms with van der Waals surface area (Å²) < 4.78 is 30.3. The van der Waals surface area contributed by atoms with Gasteiger partial charge in [-0.3, -0.25) is 14.6 Å². The molecule has 4 rings (SSSR count). The lowest BCUT2D eigenvalue weighted by Crippen LogP contribution is -2.43. The van der Waals surface area contributed by atoms with Gasteiger partial charge in [0.1, 0.15) is 0 Å². The Morgan fingerprint density at radius 3 is 2.64 bits per heavy atom. The van der Waals surface area contributed by atoms with E-state index in [0.717, 1.165) is 35.1 Å². The van der Waals surface area contributed by atoms with Crippen LogP contribution < -0.4 is 4.90 Å². The number of anilines is 1. The normalized spacial score (nSPS) is 14.8. The van der Waals surface area contributed by atoms with Crippen molar-refractivity contribution in [1.29, 1.82) is 0 Å². The standard InChI is InChI=1S/C22H24ClN3O4S2.ClH/c1-15-6-7-18(23)20-19(15)24-22(31-20)26(9-8-25-10-12-30-13-11-25)21(27)16-4-3-5-17(14-16)32(2,28)29;/h3-7,14H,8-13H2,1-2H3;1H. The number of aryl methyl sites for hydroxylation is 1. The van der Waals surface area contributed by atoms with E-state index in [4.69, 9.17) is 21.3 Å². The second kappa shape index (κ2) is 10.7. The number of benzene rings is 2.